The molecule has 7 nitrogen and oxygen atoms in total. The second-order valence-corrected chi connectivity index (χ2v) is 12.7. The van der Waals surface area contributed by atoms with Gasteiger partial charge < -0.3 is 24.3 Å². The van der Waals surface area contributed by atoms with Crippen molar-refractivity contribution < 1.29 is 19.3 Å². The molecule has 1 amide bonds. The number of hydrogen-bond acceptors (Lipinski definition) is 6. The summed E-state index contributed by atoms with van der Waals surface area (Å²) in [7, 11) is 0. The van der Waals surface area contributed by atoms with Crippen LogP contribution in [0.5, 0.6) is 0 Å². The van der Waals surface area contributed by atoms with E-state index < -0.39 is 22.3 Å². The Morgan fingerprint density at radius 3 is 2.19 bits per heavy atom. The van der Waals surface area contributed by atoms with Crippen molar-refractivity contribution in [3.63, 3.8) is 0 Å². The molecule has 8 heteroatoms. The lowest BCUT2D eigenvalue weighted by Gasteiger charge is -2.51. The molecule has 1 N–H and O–H groups in total. The van der Waals surface area contributed by atoms with Crippen LogP contribution in [0.2, 0.25) is 0 Å². The molecule has 196 valence electrons. The monoisotopic (exact) mass is 513 g/mol. The molecule has 2 fully saturated rings. The highest BCUT2D eigenvalue weighted by Crippen LogP contribution is 2.38. The summed E-state index contributed by atoms with van der Waals surface area (Å²) in [6, 6.07) is 13.9. The third-order valence-corrected chi connectivity index (χ3v) is 8.94. The molecule has 2 aliphatic heterocycles. The quantitative estimate of drug-likeness (QED) is 0.571. The highest BCUT2D eigenvalue weighted by Gasteiger charge is 2.46. The summed E-state index contributed by atoms with van der Waals surface area (Å²) in [6.07, 6.45) is 0.613. The number of ether oxygens (including phenoxy) is 1. The fourth-order valence-electron chi connectivity index (χ4n) is 5.61. The van der Waals surface area contributed by atoms with Crippen molar-refractivity contribution in [1.29, 1.82) is 0 Å². The Kier molecular flexibility index (Phi) is 7.62. The smallest absolute Gasteiger partial charge is 0.410 e. The fraction of sp³-hybridized carbons (Fsp3) is 0.536. The molecule has 2 aromatic rings. The Bertz CT molecular complexity index is 1080. The van der Waals surface area contributed by atoms with Gasteiger partial charge in [0.2, 0.25) is 0 Å². The maximum absolute atomic E-state index is 13.5. The summed E-state index contributed by atoms with van der Waals surface area (Å²) in [5, 5.41) is 11.9. The van der Waals surface area contributed by atoms with E-state index in [2.05, 4.69) is 11.0 Å². The number of rotatable bonds is 4. The highest BCUT2D eigenvalue weighted by atomic mass is 32.2. The second kappa shape index (κ2) is 10.2. The third kappa shape index (κ3) is 5.52. The Morgan fingerprint density at radius 2 is 1.58 bits per heavy atom. The molecule has 1 unspecified atom stereocenters. The molecule has 0 aromatic heterocycles. The van der Waals surface area contributed by atoms with Crippen molar-refractivity contribution in [2.24, 2.45) is 0 Å². The molecule has 0 saturated carbocycles. The van der Waals surface area contributed by atoms with Gasteiger partial charge in [0.05, 0.1) is 5.69 Å². The summed E-state index contributed by atoms with van der Waals surface area (Å²) < 4.78 is 19.5. The van der Waals surface area contributed by atoms with Crippen LogP contribution in [0.25, 0.3) is 0 Å². The lowest BCUT2D eigenvalue weighted by molar-refractivity contribution is -0.257. The van der Waals surface area contributed by atoms with Gasteiger partial charge in [-0.25, -0.2) is 4.79 Å². The van der Waals surface area contributed by atoms with Gasteiger partial charge in [-0.15, -0.1) is 0 Å². The molecule has 0 radical (unpaired) electrons. The molecule has 1 atom stereocenters. The molecule has 0 bridgehead atoms. The first-order valence-corrected chi connectivity index (χ1v) is 13.8. The van der Waals surface area contributed by atoms with Gasteiger partial charge in [-0.1, -0.05) is 29.8 Å². The molecule has 2 aromatic carbocycles. The summed E-state index contributed by atoms with van der Waals surface area (Å²) in [4.78, 5) is 18.6. The van der Waals surface area contributed by atoms with E-state index in [0.717, 1.165) is 26.6 Å². The number of piperazine rings is 1. The number of piperidine rings is 1. The van der Waals surface area contributed by atoms with Gasteiger partial charge in [-0.2, -0.15) is 5.06 Å². The number of carbonyl (C=O) groups excluding carboxylic acids is 1. The minimum atomic E-state index is -1.29. The van der Waals surface area contributed by atoms with Gasteiger partial charge in [-0.05, 0) is 59.7 Å². The molecule has 2 saturated heterocycles. The van der Waals surface area contributed by atoms with Gasteiger partial charge >= 0.3 is 6.09 Å². The molecular formula is C28H39N3O4S. The second-order valence-electron chi connectivity index (χ2n) is 11.3. The average molecular weight is 514 g/mol. The van der Waals surface area contributed by atoms with E-state index in [1.807, 2.05) is 77.9 Å². The van der Waals surface area contributed by atoms with Gasteiger partial charge in [0, 0.05) is 66.8 Å². The molecule has 36 heavy (non-hydrogen) atoms. The number of para-hydroxylation sites is 1. The number of benzene rings is 2. The van der Waals surface area contributed by atoms with Crippen molar-refractivity contribution in [3.05, 3.63) is 53.6 Å². The molecule has 0 spiro atoms. The first kappa shape index (κ1) is 26.8. The first-order valence-electron chi connectivity index (χ1n) is 12.7. The first-order chi connectivity index (χ1) is 16.9. The van der Waals surface area contributed by atoms with Gasteiger partial charge in [0.15, 0.2) is 9.79 Å². The van der Waals surface area contributed by atoms with Crippen LogP contribution in [-0.2, 0) is 15.9 Å². The number of amides is 1. The lowest BCUT2D eigenvalue weighted by atomic mass is 9.80. The van der Waals surface area contributed by atoms with E-state index in [1.54, 1.807) is 4.90 Å². The van der Waals surface area contributed by atoms with Crippen LogP contribution in [0.4, 0.5) is 10.5 Å². The number of nitrogens with zero attached hydrogens (tertiary/aromatic N) is 3. The maximum Gasteiger partial charge on any atom is 0.410 e. The van der Waals surface area contributed by atoms with Crippen LogP contribution in [0.3, 0.4) is 0 Å². The van der Waals surface area contributed by atoms with E-state index in [9.17, 15) is 14.6 Å². The van der Waals surface area contributed by atoms with Crippen LogP contribution in [0.1, 0.15) is 51.7 Å². The minimum Gasteiger partial charge on any atom is -0.606 e. The van der Waals surface area contributed by atoms with Crippen molar-refractivity contribution >= 4 is 23.0 Å². The predicted octanol–water partition coefficient (Wildman–Crippen LogP) is 5.14. The van der Waals surface area contributed by atoms with Crippen molar-refractivity contribution in [2.45, 2.75) is 81.4 Å². The van der Waals surface area contributed by atoms with E-state index in [1.165, 1.54) is 5.06 Å². The van der Waals surface area contributed by atoms with Gasteiger partial charge in [-0.3, -0.25) is 0 Å². The van der Waals surface area contributed by atoms with Crippen LogP contribution in [-0.4, -0.2) is 69.2 Å². The number of hydrogen-bond donors (Lipinski definition) is 1. The van der Waals surface area contributed by atoms with Crippen molar-refractivity contribution in [2.75, 3.05) is 31.1 Å². The van der Waals surface area contributed by atoms with Gasteiger partial charge in [0.25, 0.3) is 0 Å². The number of carbonyl (C=O) groups is 1. The summed E-state index contributed by atoms with van der Waals surface area (Å²) >= 11 is -1.29. The Morgan fingerprint density at radius 1 is 0.972 bits per heavy atom. The summed E-state index contributed by atoms with van der Waals surface area (Å²) in [5.74, 6) is 0. The van der Waals surface area contributed by atoms with Crippen LogP contribution >= 0.6 is 0 Å². The zero-order chi connectivity index (χ0) is 26.3. The molecule has 4 rings (SSSR count). The zero-order valence-electron chi connectivity index (χ0n) is 22.3. The summed E-state index contributed by atoms with van der Waals surface area (Å²) in [5.41, 5.74) is 2.18. The minimum absolute atomic E-state index is 0.246. The van der Waals surface area contributed by atoms with Crippen LogP contribution in [0, 0.1) is 13.8 Å². The zero-order valence-corrected chi connectivity index (χ0v) is 23.1. The predicted molar refractivity (Wildman–Crippen MR) is 142 cm³/mol. The van der Waals surface area contributed by atoms with Crippen LogP contribution in [0.15, 0.2) is 52.3 Å². The third-order valence-electron chi connectivity index (χ3n) is 7.34. The average Bonchev–Trinajstić information content (AvgIpc) is 2.82. The number of anilines is 1. The molecule has 2 heterocycles. The Hall–Kier alpha value is -2.26. The maximum atomic E-state index is 13.5. The SMILES string of the molecule is Cc1ccc([S+]([O-])c2ccccc2N2CCN(C(=O)OC3CC(C)(C)N(O)C(C)(C)C3)CC2)c(C)c1. The van der Waals surface area contributed by atoms with E-state index in [-0.39, 0.29) is 12.2 Å². The molecule has 2 aliphatic rings. The topological polar surface area (TPSA) is 79.3 Å². The van der Waals surface area contributed by atoms with E-state index in [0.29, 0.717) is 39.0 Å². The highest BCUT2D eigenvalue weighted by molar-refractivity contribution is 7.91. The van der Waals surface area contributed by atoms with Gasteiger partial charge in [0.1, 0.15) is 6.10 Å². The Labute approximate surface area is 218 Å². The number of hydroxylamine groups is 2. The Balaban J connectivity index is 1.41. The molecular weight excluding hydrogens is 474 g/mol. The standard InChI is InChI=1S/C28H39N3O4S/c1-20-11-12-24(21(2)17-20)36(34)25-10-8-7-9-23(25)29-13-15-30(16-14-29)26(32)35-22-18-27(3,4)31(33)28(5,6)19-22/h7-12,17,22,33H,13-16,18-19H2,1-6H3. The van der Waals surface area contributed by atoms with Crippen molar-refractivity contribution in [3.8, 4) is 0 Å². The van der Waals surface area contributed by atoms with E-state index in [4.69, 9.17) is 4.74 Å². The van der Waals surface area contributed by atoms with Crippen LogP contribution < -0.4 is 4.90 Å². The normalized spacial score (nSPS) is 21.3. The lowest BCUT2D eigenvalue weighted by Crippen LogP contribution is -2.61. The largest absolute Gasteiger partial charge is 0.606 e. The van der Waals surface area contributed by atoms with Crippen molar-refractivity contribution in [1.82, 2.24) is 9.96 Å². The fourth-order valence-corrected chi connectivity index (χ4v) is 6.98. The van der Waals surface area contributed by atoms with E-state index >= 15 is 0 Å². The molecule has 0 aliphatic carbocycles. The number of aryl methyl sites for hydroxylation is 2. The summed E-state index contributed by atoms with van der Waals surface area (Å²) in [6.45, 7) is 14.3.